The van der Waals surface area contributed by atoms with E-state index in [0.29, 0.717) is 6.04 Å². The molecular formula is C14H19N3S3. The van der Waals surface area contributed by atoms with Gasteiger partial charge in [0.1, 0.15) is 0 Å². The van der Waals surface area contributed by atoms with Gasteiger partial charge in [0.2, 0.25) is 0 Å². The molecule has 0 saturated carbocycles. The summed E-state index contributed by atoms with van der Waals surface area (Å²) in [5.74, 6) is 0.973. The van der Waals surface area contributed by atoms with Crippen molar-refractivity contribution in [3.05, 3.63) is 35.4 Å². The van der Waals surface area contributed by atoms with Crippen molar-refractivity contribution in [3.8, 4) is 0 Å². The zero-order chi connectivity index (χ0) is 14.4. The maximum atomic E-state index is 4.21. The molecule has 6 heteroatoms. The molecule has 0 bridgehead atoms. The van der Waals surface area contributed by atoms with Gasteiger partial charge in [0.25, 0.3) is 0 Å². The zero-order valence-corrected chi connectivity index (χ0v) is 14.4. The van der Waals surface area contributed by atoms with E-state index < -0.39 is 0 Å². The largest absolute Gasteiger partial charge is 0.309 e. The standard InChI is InChI=1S/C14H19N3S3/c1-4-15-12(11-7-5-6-10(2)8-11)9-19-14-17-16-13(18-3)20-14/h5-8,12,15H,4,9H2,1-3H3. The Bertz CT molecular complexity index is 542. The highest BCUT2D eigenvalue weighted by Gasteiger charge is 2.13. The molecule has 1 N–H and O–H groups in total. The summed E-state index contributed by atoms with van der Waals surface area (Å²) in [4.78, 5) is 0. The summed E-state index contributed by atoms with van der Waals surface area (Å²) in [6.45, 7) is 5.24. The molecule has 20 heavy (non-hydrogen) atoms. The number of aromatic nitrogens is 2. The molecule has 0 aliphatic rings. The van der Waals surface area contributed by atoms with Gasteiger partial charge in [-0.15, -0.1) is 10.2 Å². The Hall–Kier alpha value is -0.560. The van der Waals surface area contributed by atoms with Crippen molar-refractivity contribution >= 4 is 34.9 Å². The summed E-state index contributed by atoms with van der Waals surface area (Å²) >= 11 is 5.09. The maximum Gasteiger partial charge on any atom is 0.175 e. The molecule has 0 saturated heterocycles. The lowest BCUT2D eigenvalue weighted by Crippen LogP contribution is -2.23. The molecule has 1 unspecified atom stereocenters. The van der Waals surface area contributed by atoms with Crippen molar-refractivity contribution in [2.45, 2.75) is 28.6 Å². The fraction of sp³-hybridized carbons (Fsp3) is 0.429. The van der Waals surface area contributed by atoms with Crippen LogP contribution in [0.2, 0.25) is 0 Å². The molecule has 1 aromatic carbocycles. The Kier molecular flexibility index (Phi) is 6.35. The van der Waals surface area contributed by atoms with Crippen LogP contribution in [0.5, 0.6) is 0 Å². The summed E-state index contributed by atoms with van der Waals surface area (Å²) in [6, 6.07) is 9.05. The van der Waals surface area contributed by atoms with Crippen molar-refractivity contribution in [2.24, 2.45) is 0 Å². The third-order valence-electron chi connectivity index (χ3n) is 2.83. The van der Waals surface area contributed by atoms with Gasteiger partial charge in [0.15, 0.2) is 8.68 Å². The third kappa shape index (κ3) is 4.48. The molecule has 2 aromatic rings. The predicted octanol–water partition coefficient (Wildman–Crippen LogP) is 4.01. The van der Waals surface area contributed by atoms with Crippen molar-refractivity contribution in [2.75, 3.05) is 18.6 Å². The smallest absolute Gasteiger partial charge is 0.175 e. The van der Waals surface area contributed by atoms with E-state index in [4.69, 9.17) is 0 Å². The number of hydrogen-bond donors (Lipinski definition) is 1. The van der Waals surface area contributed by atoms with Crippen molar-refractivity contribution in [1.82, 2.24) is 15.5 Å². The van der Waals surface area contributed by atoms with E-state index in [1.807, 2.05) is 6.26 Å². The lowest BCUT2D eigenvalue weighted by atomic mass is 10.1. The van der Waals surface area contributed by atoms with Crippen LogP contribution in [0.15, 0.2) is 32.9 Å². The van der Waals surface area contributed by atoms with Crippen LogP contribution in [-0.4, -0.2) is 28.8 Å². The van der Waals surface area contributed by atoms with Crippen LogP contribution < -0.4 is 5.32 Å². The molecule has 108 valence electrons. The second-order valence-electron chi connectivity index (χ2n) is 4.37. The highest BCUT2D eigenvalue weighted by molar-refractivity contribution is 8.02. The average molecular weight is 326 g/mol. The molecule has 3 nitrogen and oxygen atoms in total. The normalized spacial score (nSPS) is 12.6. The first-order chi connectivity index (χ1) is 9.72. The molecule has 0 spiro atoms. The van der Waals surface area contributed by atoms with E-state index >= 15 is 0 Å². The van der Waals surface area contributed by atoms with Gasteiger partial charge in [-0.25, -0.2) is 0 Å². The number of aryl methyl sites for hydroxylation is 1. The predicted molar refractivity (Wildman–Crippen MR) is 90.0 cm³/mol. The second-order valence-corrected chi connectivity index (χ2v) is 7.67. The van der Waals surface area contributed by atoms with E-state index in [9.17, 15) is 0 Å². The van der Waals surface area contributed by atoms with E-state index in [-0.39, 0.29) is 0 Å². The van der Waals surface area contributed by atoms with Gasteiger partial charge in [-0.1, -0.05) is 71.6 Å². The van der Waals surface area contributed by atoms with Crippen LogP contribution in [0.1, 0.15) is 24.1 Å². The first-order valence-electron chi connectivity index (χ1n) is 6.53. The molecule has 0 fully saturated rings. The summed E-state index contributed by atoms with van der Waals surface area (Å²) in [5, 5.41) is 11.9. The first kappa shape index (κ1) is 15.8. The van der Waals surface area contributed by atoms with Crippen molar-refractivity contribution < 1.29 is 0 Å². The summed E-state index contributed by atoms with van der Waals surface area (Å²) in [5.41, 5.74) is 2.64. The lowest BCUT2D eigenvalue weighted by Gasteiger charge is -2.17. The van der Waals surface area contributed by atoms with Crippen LogP contribution in [-0.2, 0) is 0 Å². The summed E-state index contributed by atoms with van der Waals surface area (Å²) in [7, 11) is 0. The molecule has 1 atom stereocenters. The van der Waals surface area contributed by atoms with Gasteiger partial charge in [-0.2, -0.15) is 0 Å². The van der Waals surface area contributed by atoms with Crippen LogP contribution in [0.3, 0.4) is 0 Å². The Morgan fingerprint density at radius 2 is 2.10 bits per heavy atom. The number of hydrogen-bond acceptors (Lipinski definition) is 6. The molecule has 1 aromatic heterocycles. The fourth-order valence-electron chi connectivity index (χ4n) is 1.90. The first-order valence-corrected chi connectivity index (χ1v) is 9.56. The molecule has 2 rings (SSSR count). The quantitative estimate of drug-likeness (QED) is 0.779. The van der Waals surface area contributed by atoms with Crippen LogP contribution >= 0.6 is 34.9 Å². The van der Waals surface area contributed by atoms with Gasteiger partial charge < -0.3 is 5.32 Å². The monoisotopic (exact) mass is 325 g/mol. The van der Waals surface area contributed by atoms with Gasteiger partial charge >= 0.3 is 0 Å². The molecule has 0 amide bonds. The second kappa shape index (κ2) is 8.02. The Morgan fingerprint density at radius 1 is 1.30 bits per heavy atom. The molecule has 0 radical (unpaired) electrons. The van der Waals surface area contributed by atoms with E-state index in [1.165, 1.54) is 11.1 Å². The zero-order valence-electron chi connectivity index (χ0n) is 11.9. The van der Waals surface area contributed by atoms with Crippen LogP contribution in [0, 0.1) is 6.92 Å². The molecular weight excluding hydrogens is 306 g/mol. The minimum atomic E-state index is 0.353. The Morgan fingerprint density at radius 3 is 2.75 bits per heavy atom. The van der Waals surface area contributed by atoms with Crippen molar-refractivity contribution in [3.63, 3.8) is 0 Å². The van der Waals surface area contributed by atoms with Crippen LogP contribution in [0.25, 0.3) is 0 Å². The van der Waals surface area contributed by atoms with E-state index in [0.717, 1.165) is 21.0 Å². The number of nitrogens with one attached hydrogen (secondary N) is 1. The highest BCUT2D eigenvalue weighted by atomic mass is 32.2. The Labute approximate surface area is 133 Å². The number of rotatable bonds is 7. The lowest BCUT2D eigenvalue weighted by molar-refractivity contribution is 0.605. The van der Waals surface area contributed by atoms with E-state index in [2.05, 4.69) is 53.6 Å². The minimum absolute atomic E-state index is 0.353. The molecule has 0 aliphatic heterocycles. The summed E-state index contributed by atoms with van der Waals surface area (Å²) in [6.07, 6.45) is 2.03. The van der Waals surface area contributed by atoms with E-state index in [1.54, 1.807) is 34.9 Å². The third-order valence-corrected chi connectivity index (χ3v) is 5.96. The summed E-state index contributed by atoms with van der Waals surface area (Å²) < 4.78 is 2.08. The number of benzene rings is 1. The average Bonchev–Trinajstić information content (AvgIpc) is 2.91. The SMILES string of the molecule is CCNC(CSc1nnc(SC)s1)c1cccc(C)c1. The fourth-order valence-corrected chi connectivity index (χ4v) is 4.46. The van der Waals surface area contributed by atoms with Gasteiger partial charge in [-0.3, -0.25) is 0 Å². The highest BCUT2D eigenvalue weighted by Crippen LogP contribution is 2.30. The van der Waals surface area contributed by atoms with Gasteiger partial charge in [0, 0.05) is 11.8 Å². The van der Waals surface area contributed by atoms with Crippen LogP contribution in [0.4, 0.5) is 0 Å². The van der Waals surface area contributed by atoms with Crippen molar-refractivity contribution in [1.29, 1.82) is 0 Å². The maximum absolute atomic E-state index is 4.21. The topological polar surface area (TPSA) is 37.8 Å². The van der Waals surface area contributed by atoms with Gasteiger partial charge in [0.05, 0.1) is 0 Å². The Balaban J connectivity index is 2.02. The number of nitrogens with zero attached hydrogens (tertiary/aromatic N) is 2. The molecule has 0 aliphatic carbocycles. The number of thioether (sulfide) groups is 2. The minimum Gasteiger partial charge on any atom is -0.309 e. The van der Waals surface area contributed by atoms with Gasteiger partial charge in [-0.05, 0) is 25.3 Å². The molecule has 1 heterocycles.